The summed E-state index contributed by atoms with van der Waals surface area (Å²) in [4.78, 5) is 23.6. The summed E-state index contributed by atoms with van der Waals surface area (Å²) in [6.45, 7) is 0. The Kier molecular flexibility index (Phi) is 4.96. The fraction of sp³-hybridized carbons (Fsp3) is 0.0263. The molecule has 2 aliphatic rings. The Morgan fingerprint density at radius 2 is 0.930 bits per heavy atom. The van der Waals surface area contributed by atoms with Crippen molar-refractivity contribution in [1.29, 1.82) is 0 Å². The first kappa shape index (κ1) is 23.7. The second-order valence-electron chi connectivity index (χ2n) is 10.7. The van der Waals surface area contributed by atoms with Gasteiger partial charge in [0.2, 0.25) is 0 Å². The third kappa shape index (κ3) is 3.32. The van der Waals surface area contributed by atoms with E-state index < -0.39 is 5.41 Å². The molecule has 0 bridgehead atoms. The Hall–Kier alpha value is -5.99. The predicted molar refractivity (Wildman–Crippen MR) is 166 cm³/mol. The molecule has 198 valence electrons. The first-order valence-corrected chi connectivity index (χ1v) is 14.2. The maximum atomic E-state index is 4.91. The summed E-state index contributed by atoms with van der Waals surface area (Å²) in [5, 5.41) is 0. The fourth-order valence-electron chi connectivity index (χ4n) is 6.78. The zero-order valence-electron chi connectivity index (χ0n) is 22.9. The third-order valence-electron chi connectivity index (χ3n) is 8.50. The molecule has 0 saturated carbocycles. The number of hydrogen-bond donors (Lipinski definition) is 0. The predicted octanol–water partition coefficient (Wildman–Crippen LogP) is 7.61. The smallest absolute Gasteiger partial charge is 0.182 e. The summed E-state index contributed by atoms with van der Waals surface area (Å²) in [7, 11) is 0. The summed E-state index contributed by atoms with van der Waals surface area (Å²) in [6, 6.07) is 46.7. The Labute approximate surface area is 248 Å². The lowest BCUT2D eigenvalue weighted by molar-refractivity contribution is 0.794. The van der Waals surface area contributed by atoms with Gasteiger partial charge in [-0.1, -0.05) is 97.1 Å². The van der Waals surface area contributed by atoms with Crippen molar-refractivity contribution in [1.82, 2.24) is 24.9 Å². The number of benzene rings is 3. The van der Waals surface area contributed by atoms with Gasteiger partial charge in [0.05, 0.1) is 11.0 Å². The highest BCUT2D eigenvalue weighted by Crippen LogP contribution is 2.62. The molecule has 4 aromatic carbocycles. The molecule has 5 heteroatoms. The quantitative estimate of drug-likeness (QED) is 0.228. The molecule has 0 N–H and O–H groups in total. The second kappa shape index (κ2) is 9.01. The van der Waals surface area contributed by atoms with Crippen LogP contribution in [-0.4, -0.2) is 24.9 Å². The van der Waals surface area contributed by atoms with Crippen LogP contribution in [0.1, 0.15) is 22.3 Å². The Balaban J connectivity index is 1.32. The molecule has 0 amide bonds. The van der Waals surface area contributed by atoms with Crippen LogP contribution in [0.2, 0.25) is 0 Å². The van der Waals surface area contributed by atoms with Gasteiger partial charge < -0.3 is 0 Å². The van der Waals surface area contributed by atoms with Gasteiger partial charge in [0, 0.05) is 18.0 Å². The van der Waals surface area contributed by atoms with Crippen molar-refractivity contribution in [3.8, 4) is 56.7 Å². The Bertz CT molecular complexity index is 2070. The average molecular weight is 548 g/mol. The fourth-order valence-corrected chi connectivity index (χ4v) is 6.78. The largest absolute Gasteiger partial charge is 0.253 e. The average Bonchev–Trinajstić information content (AvgIpc) is 3.56. The van der Waals surface area contributed by atoms with Crippen molar-refractivity contribution in [3.05, 3.63) is 162 Å². The summed E-state index contributed by atoms with van der Waals surface area (Å²) >= 11 is 0. The third-order valence-corrected chi connectivity index (χ3v) is 8.50. The Morgan fingerprint density at radius 3 is 1.49 bits per heavy atom. The number of hydrogen-bond acceptors (Lipinski definition) is 5. The highest BCUT2D eigenvalue weighted by molar-refractivity contribution is 5.95. The molecule has 3 heterocycles. The van der Waals surface area contributed by atoms with Gasteiger partial charge in [-0.15, -0.1) is 0 Å². The molecule has 0 fully saturated rings. The topological polar surface area (TPSA) is 64.5 Å². The van der Waals surface area contributed by atoms with E-state index in [1.807, 2.05) is 36.4 Å². The van der Waals surface area contributed by atoms with E-state index in [2.05, 4.69) is 101 Å². The highest BCUT2D eigenvalue weighted by atomic mass is 15.1. The molecule has 0 unspecified atom stereocenters. The van der Waals surface area contributed by atoms with Gasteiger partial charge in [-0.25, -0.2) is 15.0 Å². The summed E-state index contributed by atoms with van der Waals surface area (Å²) < 4.78 is 0. The SMILES string of the molecule is c1c(-c2nc(-c3ccccn3)nc(-c3ccccn3)n2)cc2c(c#1)-c1ccccc1C21c2ccccc2-c2ccccc21. The standard InChI is InChI=1S/C38H21N5/c1-4-14-29-25(11-1)26-12-2-5-15-30(26)38(29)31-16-6-3-13-27(31)28-20-19-24(23-32(28)38)35-41-36(33-17-7-9-21-39-33)43-37(42-35)34-18-8-10-22-40-34/h1-18,21-23H. The zero-order valence-corrected chi connectivity index (χ0v) is 22.9. The molecule has 0 radical (unpaired) electrons. The van der Waals surface area contributed by atoms with E-state index in [0.717, 1.165) is 16.7 Å². The van der Waals surface area contributed by atoms with Gasteiger partial charge in [-0.3, -0.25) is 9.97 Å². The van der Waals surface area contributed by atoms with Crippen LogP contribution in [0.5, 0.6) is 0 Å². The lowest BCUT2D eigenvalue weighted by Crippen LogP contribution is -2.25. The number of nitrogens with zero attached hydrogens (tertiary/aromatic N) is 5. The van der Waals surface area contributed by atoms with Crippen molar-refractivity contribution in [3.63, 3.8) is 0 Å². The molecule has 2 aliphatic carbocycles. The molecular weight excluding hydrogens is 526 g/mol. The van der Waals surface area contributed by atoms with Crippen molar-refractivity contribution >= 4 is 0 Å². The second-order valence-corrected chi connectivity index (χ2v) is 10.7. The molecule has 0 aliphatic heterocycles. The number of rotatable bonds is 3. The van der Waals surface area contributed by atoms with E-state index >= 15 is 0 Å². The molecule has 3 aromatic heterocycles. The first-order valence-electron chi connectivity index (χ1n) is 14.2. The highest BCUT2D eigenvalue weighted by Gasteiger charge is 2.51. The van der Waals surface area contributed by atoms with Crippen LogP contribution in [0.15, 0.2) is 128 Å². The van der Waals surface area contributed by atoms with Crippen LogP contribution in [0.4, 0.5) is 0 Å². The number of fused-ring (bicyclic) bond motifs is 10. The van der Waals surface area contributed by atoms with Crippen molar-refractivity contribution in [2.75, 3.05) is 0 Å². The van der Waals surface area contributed by atoms with Gasteiger partial charge >= 0.3 is 0 Å². The van der Waals surface area contributed by atoms with Crippen LogP contribution < -0.4 is 0 Å². The summed E-state index contributed by atoms with van der Waals surface area (Å²) in [5.41, 5.74) is 11.3. The van der Waals surface area contributed by atoms with Crippen LogP contribution in [-0.2, 0) is 5.41 Å². The van der Waals surface area contributed by atoms with E-state index in [0.29, 0.717) is 28.9 Å². The normalized spacial score (nSPS) is 13.1. The van der Waals surface area contributed by atoms with Crippen molar-refractivity contribution in [2.45, 2.75) is 5.41 Å². The molecule has 43 heavy (non-hydrogen) atoms. The number of pyridine rings is 2. The van der Waals surface area contributed by atoms with Gasteiger partial charge in [-0.05, 0) is 69.3 Å². The van der Waals surface area contributed by atoms with Crippen molar-refractivity contribution in [2.24, 2.45) is 0 Å². The van der Waals surface area contributed by atoms with Gasteiger partial charge in [0.1, 0.15) is 11.4 Å². The van der Waals surface area contributed by atoms with E-state index in [9.17, 15) is 0 Å². The minimum Gasteiger partial charge on any atom is -0.253 e. The minimum atomic E-state index is -0.486. The lowest BCUT2D eigenvalue weighted by Gasteiger charge is -2.30. The van der Waals surface area contributed by atoms with Crippen molar-refractivity contribution < 1.29 is 0 Å². The molecule has 1 spiro atoms. The van der Waals surface area contributed by atoms with Crippen LogP contribution in [0, 0.1) is 12.1 Å². The van der Waals surface area contributed by atoms with Gasteiger partial charge in [0.25, 0.3) is 0 Å². The molecule has 9 rings (SSSR count). The minimum absolute atomic E-state index is 0.481. The lowest BCUT2D eigenvalue weighted by atomic mass is 9.70. The monoisotopic (exact) mass is 547 g/mol. The summed E-state index contributed by atoms with van der Waals surface area (Å²) in [6.07, 6.45) is 3.48. The van der Waals surface area contributed by atoms with E-state index in [-0.39, 0.29) is 0 Å². The maximum absolute atomic E-state index is 4.91. The Morgan fingerprint density at radius 1 is 0.442 bits per heavy atom. The first-order chi connectivity index (χ1) is 21.3. The van der Waals surface area contributed by atoms with E-state index in [1.54, 1.807) is 12.4 Å². The number of aromatic nitrogens is 5. The van der Waals surface area contributed by atoms with Crippen LogP contribution in [0.3, 0.4) is 0 Å². The van der Waals surface area contributed by atoms with E-state index in [4.69, 9.17) is 15.0 Å². The molecule has 7 aromatic rings. The van der Waals surface area contributed by atoms with Gasteiger partial charge in [0.15, 0.2) is 17.5 Å². The van der Waals surface area contributed by atoms with E-state index in [1.165, 1.54) is 33.4 Å². The summed E-state index contributed by atoms with van der Waals surface area (Å²) in [5.74, 6) is 1.46. The zero-order chi connectivity index (χ0) is 28.4. The molecular formula is C38H21N5. The molecule has 0 atom stereocenters. The van der Waals surface area contributed by atoms with Crippen LogP contribution in [0.25, 0.3) is 56.7 Å². The van der Waals surface area contributed by atoms with Crippen LogP contribution >= 0.6 is 0 Å². The van der Waals surface area contributed by atoms with Gasteiger partial charge in [-0.2, -0.15) is 0 Å². The maximum Gasteiger partial charge on any atom is 0.182 e. The molecule has 0 saturated heterocycles. The molecule has 5 nitrogen and oxygen atoms in total.